The Bertz CT molecular complexity index is 390. The summed E-state index contributed by atoms with van der Waals surface area (Å²) in [6.07, 6.45) is 4.28. The zero-order valence-electron chi connectivity index (χ0n) is 11.5. The van der Waals surface area contributed by atoms with Crippen LogP contribution in [0.2, 0.25) is 0 Å². The van der Waals surface area contributed by atoms with Crippen molar-refractivity contribution in [3.8, 4) is 0 Å². The second kappa shape index (κ2) is 7.70. The van der Waals surface area contributed by atoms with Crippen molar-refractivity contribution in [2.45, 2.75) is 39.5 Å². The molecule has 0 aliphatic rings. The first-order chi connectivity index (χ1) is 8.63. The SMILES string of the molecule is CC(=CCCC(C)c1ccc(C)cc1)COC=O. The summed E-state index contributed by atoms with van der Waals surface area (Å²) in [5.41, 5.74) is 3.79. The molecule has 0 heterocycles. The average molecular weight is 246 g/mol. The van der Waals surface area contributed by atoms with Crippen LogP contribution in [-0.4, -0.2) is 13.1 Å². The van der Waals surface area contributed by atoms with Crippen LogP contribution >= 0.6 is 0 Å². The number of hydrogen-bond donors (Lipinski definition) is 0. The molecular formula is C16H22O2. The van der Waals surface area contributed by atoms with Crippen molar-refractivity contribution >= 4 is 6.47 Å². The molecule has 0 aromatic heterocycles. The smallest absolute Gasteiger partial charge is 0.293 e. The molecular weight excluding hydrogens is 224 g/mol. The molecule has 1 rings (SSSR count). The van der Waals surface area contributed by atoms with Gasteiger partial charge in [-0.05, 0) is 43.7 Å². The topological polar surface area (TPSA) is 26.3 Å². The number of benzene rings is 1. The number of allylic oxidation sites excluding steroid dienone is 1. The Hall–Kier alpha value is -1.57. The maximum absolute atomic E-state index is 10.1. The first kappa shape index (κ1) is 14.5. The lowest BCUT2D eigenvalue weighted by Gasteiger charge is -2.11. The minimum Gasteiger partial charge on any atom is -0.463 e. The van der Waals surface area contributed by atoms with Crippen molar-refractivity contribution in [3.63, 3.8) is 0 Å². The predicted molar refractivity (Wildman–Crippen MR) is 74.6 cm³/mol. The molecule has 1 atom stereocenters. The highest BCUT2D eigenvalue weighted by Gasteiger charge is 2.03. The molecule has 0 aliphatic heterocycles. The minimum absolute atomic E-state index is 0.405. The summed E-state index contributed by atoms with van der Waals surface area (Å²) in [6.45, 7) is 7.23. The van der Waals surface area contributed by atoms with Gasteiger partial charge in [-0.15, -0.1) is 0 Å². The zero-order chi connectivity index (χ0) is 13.4. The monoisotopic (exact) mass is 246 g/mol. The van der Waals surface area contributed by atoms with E-state index in [1.54, 1.807) is 0 Å². The molecule has 1 aromatic carbocycles. The molecule has 0 bridgehead atoms. The lowest BCUT2D eigenvalue weighted by atomic mass is 9.95. The second-order valence-corrected chi connectivity index (χ2v) is 4.85. The molecule has 0 aliphatic carbocycles. The fourth-order valence-corrected chi connectivity index (χ4v) is 1.87. The largest absolute Gasteiger partial charge is 0.463 e. The highest BCUT2D eigenvalue weighted by molar-refractivity contribution is 5.37. The predicted octanol–water partition coefficient (Wildman–Crippen LogP) is 4.00. The average Bonchev–Trinajstić information content (AvgIpc) is 2.37. The molecule has 1 aromatic rings. The van der Waals surface area contributed by atoms with E-state index in [1.807, 2.05) is 6.92 Å². The number of carbonyl (C=O) groups is 1. The van der Waals surface area contributed by atoms with Crippen molar-refractivity contribution in [2.75, 3.05) is 6.61 Å². The summed E-state index contributed by atoms with van der Waals surface area (Å²) in [5, 5.41) is 0. The van der Waals surface area contributed by atoms with E-state index in [2.05, 4.69) is 44.2 Å². The number of hydrogen-bond acceptors (Lipinski definition) is 2. The van der Waals surface area contributed by atoms with Crippen molar-refractivity contribution in [2.24, 2.45) is 0 Å². The first-order valence-electron chi connectivity index (χ1n) is 6.41. The Balaban J connectivity index is 2.39. The standard InChI is InChI=1S/C16H22O2/c1-13-7-9-16(10-8-13)15(3)6-4-5-14(2)11-18-12-17/h5,7-10,12,15H,4,6,11H2,1-3H3. The van der Waals surface area contributed by atoms with E-state index in [1.165, 1.54) is 11.1 Å². The van der Waals surface area contributed by atoms with Crippen LogP contribution in [0.5, 0.6) is 0 Å². The van der Waals surface area contributed by atoms with Crippen molar-refractivity contribution in [3.05, 3.63) is 47.0 Å². The highest BCUT2D eigenvalue weighted by atomic mass is 16.5. The number of aryl methyl sites for hydroxylation is 1. The van der Waals surface area contributed by atoms with E-state index in [9.17, 15) is 4.79 Å². The maximum atomic E-state index is 10.1. The molecule has 98 valence electrons. The summed E-state index contributed by atoms with van der Waals surface area (Å²) < 4.78 is 4.70. The minimum atomic E-state index is 0.405. The third-order valence-electron chi connectivity index (χ3n) is 3.12. The third-order valence-corrected chi connectivity index (χ3v) is 3.12. The molecule has 0 fully saturated rings. The Labute approximate surface area is 110 Å². The van der Waals surface area contributed by atoms with Crippen molar-refractivity contribution < 1.29 is 9.53 Å². The van der Waals surface area contributed by atoms with Gasteiger partial charge in [0.25, 0.3) is 6.47 Å². The van der Waals surface area contributed by atoms with Gasteiger partial charge in [0, 0.05) is 0 Å². The van der Waals surface area contributed by atoms with Gasteiger partial charge in [0.05, 0.1) is 0 Å². The lowest BCUT2D eigenvalue weighted by Crippen LogP contribution is -1.95. The van der Waals surface area contributed by atoms with Crippen LogP contribution in [-0.2, 0) is 9.53 Å². The molecule has 0 radical (unpaired) electrons. The molecule has 0 amide bonds. The van der Waals surface area contributed by atoms with Gasteiger partial charge in [-0.1, -0.05) is 42.8 Å². The molecule has 1 unspecified atom stereocenters. The van der Waals surface area contributed by atoms with Crippen LogP contribution < -0.4 is 0 Å². The summed E-state index contributed by atoms with van der Waals surface area (Å²) in [6, 6.07) is 8.72. The van der Waals surface area contributed by atoms with Crippen molar-refractivity contribution in [1.82, 2.24) is 0 Å². The molecule has 0 saturated heterocycles. The third kappa shape index (κ3) is 5.17. The quantitative estimate of drug-likeness (QED) is 0.537. The Morgan fingerprint density at radius 3 is 2.61 bits per heavy atom. The molecule has 0 saturated carbocycles. The highest BCUT2D eigenvalue weighted by Crippen LogP contribution is 2.21. The van der Waals surface area contributed by atoms with Gasteiger partial charge in [0.1, 0.15) is 6.61 Å². The van der Waals surface area contributed by atoms with Gasteiger partial charge >= 0.3 is 0 Å². The number of carbonyl (C=O) groups excluding carboxylic acids is 1. The van der Waals surface area contributed by atoms with Crippen LogP contribution in [0.15, 0.2) is 35.9 Å². The molecule has 18 heavy (non-hydrogen) atoms. The van der Waals surface area contributed by atoms with Gasteiger partial charge in [-0.3, -0.25) is 4.79 Å². The van der Waals surface area contributed by atoms with Crippen molar-refractivity contribution in [1.29, 1.82) is 0 Å². The Morgan fingerprint density at radius 1 is 1.33 bits per heavy atom. The van der Waals surface area contributed by atoms with E-state index in [0.717, 1.165) is 18.4 Å². The molecule has 2 heteroatoms. The van der Waals surface area contributed by atoms with Gasteiger partial charge in [0.2, 0.25) is 0 Å². The Morgan fingerprint density at radius 2 is 2.00 bits per heavy atom. The first-order valence-corrected chi connectivity index (χ1v) is 6.41. The number of ether oxygens (including phenoxy) is 1. The number of rotatable bonds is 7. The lowest BCUT2D eigenvalue weighted by molar-refractivity contribution is -0.127. The van der Waals surface area contributed by atoms with Gasteiger partial charge < -0.3 is 4.74 Å². The van der Waals surface area contributed by atoms with Crippen LogP contribution in [0.25, 0.3) is 0 Å². The van der Waals surface area contributed by atoms with Gasteiger partial charge in [0.15, 0.2) is 0 Å². The van der Waals surface area contributed by atoms with E-state index in [0.29, 0.717) is 19.0 Å². The van der Waals surface area contributed by atoms with E-state index >= 15 is 0 Å². The molecule has 0 spiro atoms. The van der Waals surface area contributed by atoms with Crippen LogP contribution in [0.4, 0.5) is 0 Å². The summed E-state index contributed by atoms with van der Waals surface area (Å²) in [7, 11) is 0. The van der Waals surface area contributed by atoms with E-state index in [4.69, 9.17) is 4.74 Å². The molecule has 2 nitrogen and oxygen atoms in total. The van der Waals surface area contributed by atoms with Crippen LogP contribution in [0.1, 0.15) is 43.7 Å². The van der Waals surface area contributed by atoms with Crippen LogP contribution in [0, 0.1) is 6.92 Å². The van der Waals surface area contributed by atoms with E-state index in [-0.39, 0.29) is 0 Å². The van der Waals surface area contributed by atoms with E-state index < -0.39 is 0 Å². The summed E-state index contributed by atoms with van der Waals surface area (Å²) >= 11 is 0. The van der Waals surface area contributed by atoms with Gasteiger partial charge in [-0.2, -0.15) is 0 Å². The van der Waals surface area contributed by atoms with Gasteiger partial charge in [-0.25, -0.2) is 0 Å². The zero-order valence-corrected chi connectivity index (χ0v) is 11.5. The maximum Gasteiger partial charge on any atom is 0.293 e. The second-order valence-electron chi connectivity index (χ2n) is 4.85. The van der Waals surface area contributed by atoms with Crippen LogP contribution in [0.3, 0.4) is 0 Å². The summed E-state index contributed by atoms with van der Waals surface area (Å²) in [4.78, 5) is 10.1. The fraction of sp³-hybridized carbons (Fsp3) is 0.438. The summed E-state index contributed by atoms with van der Waals surface area (Å²) in [5.74, 6) is 0.557. The normalized spacial score (nSPS) is 13.2. The fourth-order valence-electron chi connectivity index (χ4n) is 1.87. The Kier molecular flexibility index (Phi) is 6.20. The molecule has 0 N–H and O–H groups in total.